The van der Waals surface area contributed by atoms with Gasteiger partial charge in [-0.3, -0.25) is 4.90 Å². The molecular weight excluding hydrogens is 463 g/mol. The van der Waals surface area contributed by atoms with Gasteiger partial charge in [0.2, 0.25) is 10.0 Å². The van der Waals surface area contributed by atoms with Gasteiger partial charge in [0.05, 0.1) is 4.91 Å². The van der Waals surface area contributed by atoms with Crippen LogP contribution in [0.1, 0.15) is 18.4 Å². The van der Waals surface area contributed by atoms with Crippen LogP contribution >= 0.6 is 0 Å². The van der Waals surface area contributed by atoms with Crippen molar-refractivity contribution in [1.29, 1.82) is 0 Å². The minimum Gasteiger partial charge on any atom is -0.445 e. The Morgan fingerprint density at radius 3 is 2.45 bits per heavy atom. The van der Waals surface area contributed by atoms with Gasteiger partial charge in [-0.05, 0) is 43.2 Å². The van der Waals surface area contributed by atoms with E-state index in [-0.39, 0.29) is 29.2 Å². The Morgan fingerprint density at radius 1 is 1.21 bits per heavy atom. The second kappa shape index (κ2) is 9.74. The van der Waals surface area contributed by atoms with Gasteiger partial charge in [0.1, 0.15) is 12.4 Å². The number of carbonyl (C=O) groups excluding carboxylic acids is 1. The van der Waals surface area contributed by atoms with Gasteiger partial charge in [0.15, 0.2) is 0 Å². The average molecular weight is 490 g/mol. The number of nitrogens with zero attached hydrogens (tertiary/aromatic N) is 2. The first-order valence-electron chi connectivity index (χ1n) is 10.2. The monoisotopic (exact) mass is 489 g/mol. The molecule has 0 radical (unpaired) electrons. The van der Waals surface area contributed by atoms with E-state index in [0.717, 1.165) is 31.5 Å². The molecule has 0 bridgehead atoms. The molecule has 1 amide bonds. The normalized spacial score (nSPS) is 19.2. The number of alkyl halides is 3. The van der Waals surface area contributed by atoms with Crippen molar-refractivity contribution in [3.63, 3.8) is 0 Å². The van der Waals surface area contributed by atoms with Crippen LogP contribution in [-0.4, -0.2) is 63.4 Å². The first kappa shape index (κ1) is 25.1. The van der Waals surface area contributed by atoms with Gasteiger partial charge in [0.25, 0.3) is 0 Å². The van der Waals surface area contributed by atoms with Gasteiger partial charge in [0, 0.05) is 31.6 Å². The topological polar surface area (TPSA) is 102 Å². The number of carbonyl (C=O) groups is 1. The number of amides is 1. The second-order valence-corrected chi connectivity index (χ2v) is 9.94. The lowest BCUT2D eigenvalue weighted by Crippen LogP contribution is -2.64. The van der Waals surface area contributed by atoms with E-state index >= 15 is 0 Å². The fourth-order valence-corrected chi connectivity index (χ4v) is 4.86. The summed E-state index contributed by atoms with van der Waals surface area (Å²) in [5.74, 6) is -0.349. The van der Waals surface area contributed by atoms with Crippen LogP contribution in [0.25, 0.3) is 0 Å². The molecule has 3 rings (SSSR count). The molecule has 0 saturated carbocycles. The Balaban J connectivity index is 1.48. The Hall–Kier alpha value is -2.57. The number of halogens is 3. The van der Waals surface area contributed by atoms with Crippen molar-refractivity contribution in [3.05, 3.63) is 53.5 Å². The predicted octanol–water partition coefficient (Wildman–Crippen LogP) is 2.98. The highest BCUT2D eigenvalue weighted by atomic mass is 32.2. The molecule has 2 aliphatic rings. The summed E-state index contributed by atoms with van der Waals surface area (Å²) >= 11 is 0. The Morgan fingerprint density at radius 2 is 1.88 bits per heavy atom. The minimum atomic E-state index is -4.77. The van der Waals surface area contributed by atoms with Gasteiger partial charge < -0.3 is 14.4 Å². The largest absolute Gasteiger partial charge is 0.573 e. The molecule has 2 fully saturated rings. The Labute approximate surface area is 190 Å². The third-order valence-corrected chi connectivity index (χ3v) is 6.62. The molecule has 1 aromatic rings. The van der Waals surface area contributed by atoms with Crippen LogP contribution in [0.5, 0.6) is 5.75 Å². The van der Waals surface area contributed by atoms with E-state index in [1.807, 2.05) is 4.90 Å². The van der Waals surface area contributed by atoms with Crippen molar-refractivity contribution in [2.24, 2.45) is 10.6 Å². The number of hydrogen-bond acceptors (Lipinski definition) is 6. The zero-order chi connectivity index (χ0) is 24.3. The zero-order valence-corrected chi connectivity index (χ0v) is 18.7. The predicted molar refractivity (Wildman–Crippen MR) is 114 cm³/mol. The number of rotatable bonds is 7. The van der Waals surface area contributed by atoms with Gasteiger partial charge >= 0.3 is 12.5 Å². The molecule has 0 aromatic heterocycles. The maximum Gasteiger partial charge on any atom is 0.573 e. The van der Waals surface area contributed by atoms with Crippen LogP contribution in [0.4, 0.5) is 18.0 Å². The number of allylic oxidation sites excluding steroid dienone is 2. The first-order chi connectivity index (χ1) is 15.4. The zero-order valence-electron chi connectivity index (χ0n) is 17.9. The quantitative estimate of drug-likeness (QED) is 0.591. The van der Waals surface area contributed by atoms with Crippen molar-refractivity contribution in [1.82, 2.24) is 9.80 Å². The number of hydrogen-bond donors (Lipinski definition) is 1. The number of primary sulfonamides is 1. The van der Waals surface area contributed by atoms with Crippen molar-refractivity contribution in [2.45, 2.75) is 25.8 Å². The summed E-state index contributed by atoms with van der Waals surface area (Å²) < 4.78 is 69.2. The van der Waals surface area contributed by atoms with Crippen molar-refractivity contribution < 1.29 is 35.9 Å². The van der Waals surface area contributed by atoms with Crippen LogP contribution < -0.4 is 9.88 Å². The van der Waals surface area contributed by atoms with E-state index in [2.05, 4.69) is 11.3 Å². The van der Waals surface area contributed by atoms with Crippen LogP contribution in [0.2, 0.25) is 0 Å². The molecule has 1 aromatic carbocycles. The van der Waals surface area contributed by atoms with Gasteiger partial charge in [-0.1, -0.05) is 24.8 Å². The molecule has 182 valence electrons. The standard InChI is InChI=1S/C21H26F3N3O5S/c1-2-4-18(33(25,29)30)11-26-10-3-9-20(13-26)14-27(15-20)19(28)31-12-16-5-7-17(8-6-16)32-21(22,23)24/h2,4-8H,1,3,9-15H2,(H2,25,29,30)/b18-4+. The molecule has 2 N–H and O–H groups in total. The maximum absolute atomic E-state index is 12.4. The smallest absolute Gasteiger partial charge is 0.445 e. The lowest BCUT2D eigenvalue weighted by Gasteiger charge is -2.54. The number of piperidine rings is 1. The fraction of sp³-hybridized carbons (Fsp3) is 0.476. The molecule has 8 nitrogen and oxygen atoms in total. The molecule has 0 aliphatic carbocycles. The first-order valence-corrected chi connectivity index (χ1v) is 11.8. The SMILES string of the molecule is C=C/C=C(\CN1CCCC2(C1)CN(C(=O)OCc1ccc(OC(F)(F)F)cc1)C2)S(N)(=O)=O. The van der Waals surface area contributed by atoms with Crippen LogP contribution in [0.3, 0.4) is 0 Å². The number of sulfonamides is 1. The summed E-state index contributed by atoms with van der Waals surface area (Å²) in [6.07, 6.45) is -0.728. The van der Waals surface area contributed by atoms with Crippen molar-refractivity contribution in [2.75, 3.05) is 32.7 Å². The summed E-state index contributed by atoms with van der Waals surface area (Å²) in [5, 5.41) is 5.28. The molecule has 2 saturated heterocycles. The summed E-state index contributed by atoms with van der Waals surface area (Å²) in [6.45, 7) is 5.95. The summed E-state index contributed by atoms with van der Waals surface area (Å²) in [4.78, 5) is 16.0. The van der Waals surface area contributed by atoms with Crippen molar-refractivity contribution >= 4 is 16.1 Å². The third kappa shape index (κ3) is 6.95. The fourth-order valence-electron chi connectivity index (χ4n) is 4.21. The van der Waals surface area contributed by atoms with Crippen LogP contribution in [-0.2, 0) is 21.4 Å². The van der Waals surface area contributed by atoms with Crippen molar-refractivity contribution in [3.8, 4) is 5.75 Å². The van der Waals surface area contributed by atoms with E-state index in [0.29, 0.717) is 25.2 Å². The summed E-state index contributed by atoms with van der Waals surface area (Å²) in [6, 6.07) is 5.10. The number of likely N-dealkylation sites (tertiary alicyclic amines) is 2. The van der Waals surface area contributed by atoms with Crippen LogP contribution in [0.15, 0.2) is 47.9 Å². The van der Waals surface area contributed by atoms with Gasteiger partial charge in [-0.25, -0.2) is 18.4 Å². The lowest BCUT2D eigenvalue weighted by molar-refractivity contribution is -0.274. The van der Waals surface area contributed by atoms with Crippen LogP contribution in [0, 0.1) is 5.41 Å². The highest BCUT2D eigenvalue weighted by Crippen LogP contribution is 2.39. The minimum absolute atomic E-state index is 0.0785. The average Bonchev–Trinajstić information content (AvgIpc) is 2.69. The number of ether oxygens (including phenoxy) is 2. The second-order valence-electron chi connectivity index (χ2n) is 8.33. The molecule has 0 unspecified atom stereocenters. The highest BCUT2D eigenvalue weighted by molar-refractivity contribution is 7.93. The third-order valence-electron chi connectivity index (χ3n) is 5.62. The summed E-state index contributed by atoms with van der Waals surface area (Å²) in [7, 11) is -3.82. The van der Waals surface area contributed by atoms with E-state index < -0.39 is 22.5 Å². The molecule has 33 heavy (non-hydrogen) atoms. The molecule has 0 atom stereocenters. The molecule has 2 heterocycles. The van der Waals surface area contributed by atoms with Gasteiger partial charge in [-0.15, -0.1) is 13.2 Å². The van der Waals surface area contributed by atoms with Gasteiger partial charge in [-0.2, -0.15) is 0 Å². The Kier molecular flexibility index (Phi) is 7.39. The highest BCUT2D eigenvalue weighted by Gasteiger charge is 2.48. The lowest BCUT2D eigenvalue weighted by atomic mass is 9.73. The van der Waals surface area contributed by atoms with E-state index in [4.69, 9.17) is 9.88 Å². The summed E-state index contributed by atoms with van der Waals surface area (Å²) in [5.41, 5.74) is 0.396. The molecule has 1 spiro atoms. The number of benzene rings is 1. The Bertz CT molecular complexity index is 1000. The van der Waals surface area contributed by atoms with E-state index in [1.54, 1.807) is 4.90 Å². The maximum atomic E-state index is 12.4. The molecule has 2 aliphatic heterocycles. The number of nitrogens with two attached hydrogens (primary N) is 1. The molecule has 12 heteroatoms. The van der Waals surface area contributed by atoms with E-state index in [1.165, 1.54) is 24.3 Å². The van der Waals surface area contributed by atoms with E-state index in [9.17, 15) is 26.4 Å². The molecular formula is C21H26F3N3O5S.